The van der Waals surface area contributed by atoms with Crippen LogP contribution in [0.2, 0.25) is 0 Å². The van der Waals surface area contributed by atoms with Crippen LogP contribution in [-0.2, 0) is 42.9 Å². The molecule has 18 heteroatoms. The molecule has 1 saturated heterocycles. The number of aromatic nitrogens is 2. The van der Waals surface area contributed by atoms with E-state index in [1.165, 1.54) is 7.11 Å². The van der Waals surface area contributed by atoms with Crippen molar-refractivity contribution in [2.45, 2.75) is 58.3 Å². The quantitative estimate of drug-likeness (QED) is 0.0822. The van der Waals surface area contributed by atoms with Crippen molar-refractivity contribution < 1.29 is 61.6 Å². The van der Waals surface area contributed by atoms with Crippen molar-refractivity contribution in [3.05, 3.63) is 30.0 Å². The summed E-state index contributed by atoms with van der Waals surface area (Å²) in [5.41, 5.74) is 8.89. The van der Waals surface area contributed by atoms with E-state index < -0.39 is 66.2 Å². The molecule has 3 rings (SSSR count). The molecule has 2 heterocycles. The number of benzene rings is 1. The summed E-state index contributed by atoms with van der Waals surface area (Å²) in [4.78, 5) is 60.1. The van der Waals surface area contributed by atoms with Crippen molar-refractivity contribution in [2.24, 2.45) is 5.73 Å². The Kier molecular flexibility index (Phi) is 10.9. The molecule has 0 aliphatic carbocycles. The highest BCUT2D eigenvalue weighted by molar-refractivity contribution is 7.80. The predicted molar refractivity (Wildman–Crippen MR) is 144 cm³/mol. The average molecular weight is 625 g/mol. The van der Waals surface area contributed by atoms with Gasteiger partial charge in [-0.3, -0.25) is 33.9 Å². The Morgan fingerprint density at radius 1 is 1.02 bits per heavy atom. The number of rotatable bonds is 11. The first kappa shape index (κ1) is 32.7. The summed E-state index contributed by atoms with van der Waals surface area (Å²) < 4.78 is 39.3. The third-order valence-corrected chi connectivity index (χ3v) is 5.98. The van der Waals surface area contributed by atoms with Gasteiger partial charge < -0.3 is 34.2 Å². The molecule has 0 radical (unpaired) electrons. The second kappa shape index (κ2) is 14.4. The van der Waals surface area contributed by atoms with Crippen molar-refractivity contribution in [1.29, 1.82) is 0 Å². The van der Waals surface area contributed by atoms with Gasteiger partial charge in [-0.2, -0.15) is 0 Å². The highest BCUT2D eigenvalue weighted by Gasteiger charge is 2.54. The molecule has 0 bridgehead atoms. The summed E-state index contributed by atoms with van der Waals surface area (Å²) >= 11 is 5.22. The number of thiocarbonyl (C=S) groups is 1. The van der Waals surface area contributed by atoms with Gasteiger partial charge in [0, 0.05) is 38.4 Å². The number of anilines is 1. The van der Waals surface area contributed by atoms with Crippen molar-refractivity contribution >= 4 is 53.4 Å². The predicted octanol–water partition coefficient (Wildman–Crippen LogP) is -0.272. The minimum absolute atomic E-state index is 0.156. The van der Waals surface area contributed by atoms with Crippen LogP contribution in [-0.4, -0.2) is 89.9 Å². The van der Waals surface area contributed by atoms with Crippen molar-refractivity contribution in [3.63, 3.8) is 0 Å². The Morgan fingerprint density at radius 3 is 2.19 bits per heavy atom. The second-order valence-electron chi connectivity index (χ2n) is 8.90. The number of carbonyl (C=O) groups is 5. The topological polar surface area (TPSA) is 212 Å². The molecule has 1 aliphatic heterocycles. The standard InChI is InChI=1S/C25H29N5O12S/c1-12(32)37-11-19-20(38-13(2)33)21(39-14(3)34)22(40-15(4)35)24(41-19)30(25(26)43)27-23-17(10-31)29(28-42-23)16-8-6-7-9-18(16)36-5/h6-10,19-22,24H,11H2,1-5H3,(H2-,26,27,28,31,43)/p+1/t19-,20+,21+,22-,24-/m1/s1. The van der Waals surface area contributed by atoms with E-state index in [1.807, 2.05) is 0 Å². The molecule has 1 fully saturated rings. The van der Waals surface area contributed by atoms with Gasteiger partial charge in [0.05, 0.1) is 7.11 Å². The minimum atomic E-state index is -1.56. The lowest BCUT2D eigenvalue weighted by Crippen LogP contribution is -2.68. The van der Waals surface area contributed by atoms with Crippen LogP contribution >= 0.6 is 12.2 Å². The number of nitrogens with zero attached hydrogens (tertiary/aromatic N) is 3. The second-order valence-corrected chi connectivity index (χ2v) is 9.32. The van der Waals surface area contributed by atoms with E-state index in [0.29, 0.717) is 17.7 Å². The lowest BCUT2D eigenvalue weighted by molar-refractivity contribution is -0.671. The largest absolute Gasteiger partial charge is 0.490 e. The van der Waals surface area contributed by atoms with E-state index in [2.05, 4.69) is 10.7 Å². The van der Waals surface area contributed by atoms with Crippen LogP contribution in [0, 0.1) is 0 Å². The van der Waals surface area contributed by atoms with Gasteiger partial charge in [0.25, 0.3) is 5.69 Å². The number of nitrogens with one attached hydrogen (secondary N) is 1. The number of hydrogen-bond donors (Lipinski definition) is 2. The Bertz CT molecular complexity index is 1380. The third-order valence-electron chi connectivity index (χ3n) is 5.78. The summed E-state index contributed by atoms with van der Waals surface area (Å²) in [6, 6.07) is 6.64. The third kappa shape index (κ3) is 7.92. The molecule has 0 saturated carbocycles. The molecule has 0 unspecified atom stereocenters. The number of carbonyl (C=O) groups excluding carboxylic acids is 5. The number of aldehydes is 1. The van der Waals surface area contributed by atoms with Gasteiger partial charge in [-0.05, 0) is 18.3 Å². The fourth-order valence-corrected chi connectivity index (χ4v) is 4.34. The molecule has 0 amide bonds. The number of nitrogens with two attached hydrogens (primary N) is 1. The van der Waals surface area contributed by atoms with Crippen LogP contribution in [0.25, 0.3) is 5.69 Å². The van der Waals surface area contributed by atoms with Gasteiger partial charge in [0.15, 0.2) is 35.4 Å². The first-order chi connectivity index (χ1) is 20.4. The molecule has 0 spiro atoms. The lowest BCUT2D eigenvalue weighted by Gasteiger charge is -2.47. The van der Waals surface area contributed by atoms with E-state index >= 15 is 0 Å². The molecule has 17 nitrogen and oxygen atoms in total. The lowest BCUT2D eigenvalue weighted by atomic mass is 9.97. The Hall–Kier alpha value is -4.84. The van der Waals surface area contributed by atoms with Crippen molar-refractivity contribution in [1.82, 2.24) is 10.3 Å². The summed E-state index contributed by atoms with van der Waals surface area (Å²) in [6.07, 6.45) is -6.91. The van der Waals surface area contributed by atoms with Crippen molar-refractivity contribution in [2.75, 3.05) is 19.1 Å². The smallest absolute Gasteiger partial charge is 0.345 e. The molecule has 2 aromatic rings. The van der Waals surface area contributed by atoms with Crippen molar-refractivity contribution in [3.8, 4) is 11.4 Å². The molecule has 43 heavy (non-hydrogen) atoms. The molecule has 1 aromatic carbocycles. The van der Waals surface area contributed by atoms with Crippen LogP contribution in [0.1, 0.15) is 38.2 Å². The number of hydrazine groups is 1. The molecule has 232 valence electrons. The highest BCUT2D eigenvalue weighted by atomic mass is 32.1. The van der Waals surface area contributed by atoms with Gasteiger partial charge in [0.1, 0.15) is 12.7 Å². The molecule has 1 aliphatic rings. The fourth-order valence-electron chi connectivity index (χ4n) is 4.20. The zero-order chi connectivity index (χ0) is 31.8. The van der Waals surface area contributed by atoms with Crippen LogP contribution in [0.15, 0.2) is 28.8 Å². The van der Waals surface area contributed by atoms with E-state index in [0.717, 1.165) is 37.4 Å². The van der Waals surface area contributed by atoms with Gasteiger partial charge in [-0.1, -0.05) is 12.1 Å². The number of esters is 4. The number of para-hydroxylation sites is 2. The molecular formula is C25H30N5O12S+. The van der Waals surface area contributed by atoms with Gasteiger partial charge >= 0.3 is 35.5 Å². The zero-order valence-corrected chi connectivity index (χ0v) is 24.5. The van der Waals surface area contributed by atoms with Crippen LogP contribution < -0.4 is 20.6 Å². The van der Waals surface area contributed by atoms with E-state index in [4.69, 9.17) is 50.9 Å². The first-order valence-electron chi connectivity index (χ1n) is 12.5. The van der Waals surface area contributed by atoms with Crippen LogP contribution in [0.4, 0.5) is 5.88 Å². The van der Waals surface area contributed by atoms with Gasteiger partial charge in [0.2, 0.25) is 11.6 Å². The number of ether oxygens (including phenoxy) is 6. The monoisotopic (exact) mass is 624 g/mol. The molecule has 3 N–H and O–H groups in total. The van der Waals surface area contributed by atoms with E-state index in [1.54, 1.807) is 24.3 Å². The maximum atomic E-state index is 12.2. The molecular weight excluding hydrogens is 594 g/mol. The number of methoxy groups -OCH3 is 1. The average Bonchev–Trinajstić information content (AvgIpc) is 3.34. The molecule has 5 atom stereocenters. The summed E-state index contributed by atoms with van der Waals surface area (Å²) in [6.45, 7) is 3.88. The highest BCUT2D eigenvalue weighted by Crippen LogP contribution is 2.31. The zero-order valence-electron chi connectivity index (χ0n) is 23.7. The van der Waals surface area contributed by atoms with E-state index in [-0.39, 0.29) is 11.6 Å². The SMILES string of the molecule is COc1ccccc1-[n+]1noc(NN(C(N)=S)[C@@H]2O[C@H](COC(C)=O)[C@H](OC(C)=O)[C@H](OC(C)=O)[C@H]2OC(C)=O)c1C=O. The molecule has 1 aromatic heterocycles. The maximum absolute atomic E-state index is 12.2. The Balaban J connectivity index is 2.11. The van der Waals surface area contributed by atoms with Crippen LogP contribution in [0.3, 0.4) is 0 Å². The first-order valence-corrected chi connectivity index (χ1v) is 12.9. The fraction of sp³-hybridized carbons (Fsp3) is 0.440. The maximum Gasteiger partial charge on any atom is 0.345 e. The van der Waals surface area contributed by atoms with Gasteiger partial charge in [-0.15, -0.1) is 0 Å². The number of hydrogen-bond acceptors (Lipinski definition) is 15. The Morgan fingerprint density at radius 2 is 1.63 bits per heavy atom. The summed E-state index contributed by atoms with van der Waals surface area (Å²) in [5, 5.41) is 4.40. The minimum Gasteiger partial charge on any atom is -0.490 e. The Labute approximate surface area is 250 Å². The van der Waals surface area contributed by atoms with E-state index in [9.17, 15) is 24.0 Å². The van der Waals surface area contributed by atoms with Gasteiger partial charge in [-0.25, -0.2) is 5.01 Å². The van der Waals surface area contributed by atoms with Crippen LogP contribution in [0.5, 0.6) is 5.75 Å². The summed E-state index contributed by atoms with van der Waals surface area (Å²) in [5.74, 6) is -3.11. The normalized spacial score (nSPS) is 21.1. The summed E-state index contributed by atoms with van der Waals surface area (Å²) in [7, 11) is 1.43.